The van der Waals surface area contributed by atoms with Crippen molar-refractivity contribution in [3.63, 3.8) is 0 Å². The molecular weight excluding hydrogens is 311 g/mol. The lowest BCUT2D eigenvalue weighted by atomic mass is 10.3. The smallest absolute Gasteiger partial charge is 0.139 e. The van der Waals surface area contributed by atoms with Crippen molar-refractivity contribution in [3.05, 3.63) is 58.3 Å². The summed E-state index contributed by atoms with van der Waals surface area (Å²) in [4.78, 5) is 4.18. The van der Waals surface area contributed by atoms with Crippen LogP contribution in [-0.2, 0) is 6.54 Å². The van der Waals surface area contributed by atoms with Crippen molar-refractivity contribution in [2.45, 2.75) is 12.6 Å². The van der Waals surface area contributed by atoms with E-state index < -0.39 is 6.10 Å². The zero-order chi connectivity index (χ0) is 15.1. The molecule has 21 heavy (non-hydrogen) atoms. The van der Waals surface area contributed by atoms with E-state index in [1.54, 1.807) is 24.4 Å². The summed E-state index contributed by atoms with van der Waals surface area (Å²) in [7, 11) is 0. The minimum Gasteiger partial charge on any atom is -0.489 e. The molecule has 0 saturated heterocycles. The standard InChI is InChI=1S/C15H16Cl2N2O2/c16-11-4-5-14(17)15(7-11)21-10-13(20)9-18-8-12-3-1-2-6-19-12/h1-7,13,18,20H,8-10H2. The van der Waals surface area contributed by atoms with Gasteiger partial charge in [-0.15, -0.1) is 0 Å². The fourth-order valence-corrected chi connectivity index (χ4v) is 2.04. The summed E-state index contributed by atoms with van der Waals surface area (Å²) in [6.45, 7) is 1.12. The maximum atomic E-state index is 9.86. The van der Waals surface area contributed by atoms with Crippen molar-refractivity contribution in [2.75, 3.05) is 13.2 Å². The Morgan fingerprint density at radius 1 is 1.24 bits per heavy atom. The Labute approximate surface area is 133 Å². The van der Waals surface area contributed by atoms with Gasteiger partial charge in [0.1, 0.15) is 18.5 Å². The van der Waals surface area contributed by atoms with Gasteiger partial charge in [0, 0.05) is 30.4 Å². The number of aliphatic hydroxyl groups is 1. The Kier molecular flexibility index (Phi) is 6.26. The summed E-state index contributed by atoms with van der Waals surface area (Å²) >= 11 is 11.8. The summed E-state index contributed by atoms with van der Waals surface area (Å²) in [6.07, 6.45) is 1.08. The molecule has 4 nitrogen and oxygen atoms in total. The van der Waals surface area contributed by atoms with Crippen LogP contribution in [0.2, 0.25) is 10.0 Å². The molecule has 0 aliphatic heterocycles. The second-order valence-electron chi connectivity index (χ2n) is 4.49. The van der Waals surface area contributed by atoms with Gasteiger partial charge in [-0.1, -0.05) is 29.3 Å². The largest absolute Gasteiger partial charge is 0.489 e. The molecule has 0 fully saturated rings. The summed E-state index contributed by atoms with van der Waals surface area (Å²) in [5.41, 5.74) is 0.920. The van der Waals surface area contributed by atoms with Crippen LogP contribution in [0.15, 0.2) is 42.6 Å². The van der Waals surface area contributed by atoms with Crippen LogP contribution < -0.4 is 10.1 Å². The fourth-order valence-electron chi connectivity index (χ4n) is 1.70. The highest BCUT2D eigenvalue weighted by Crippen LogP contribution is 2.27. The number of hydrogen-bond donors (Lipinski definition) is 2. The first-order valence-electron chi connectivity index (χ1n) is 6.51. The number of rotatable bonds is 7. The van der Waals surface area contributed by atoms with Crippen LogP contribution in [0.3, 0.4) is 0 Å². The summed E-state index contributed by atoms with van der Waals surface area (Å²) < 4.78 is 5.46. The lowest BCUT2D eigenvalue weighted by molar-refractivity contribution is 0.106. The molecule has 2 aromatic rings. The molecule has 0 radical (unpaired) electrons. The molecule has 112 valence electrons. The second-order valence-corrected chi connectivity index (χ2v) is 5.34. The van der Waals surface area contributed by atoms with Crippen molar-refractivity contribution in [1.82, 2.24) is 10.3 Å². The van der Waals surface area contributed by atoms with Gasteiger partial charge < -0.3 is 15.2 Å². The number of nitrogens with one attached hydrogen (secondary N) is 1. The van der Waals surface area contributed by atoms with Gasteiger partial charge in [-0.2, -0.15) is 0 Å². The van der Waals surface area contributed by atoms with Crippen LogP contribution in [0.5, 0.6) is 5.75 Å². The van der Waals surface area contributed by atoms with Gasteiger partial charge >= 0.3 is 0 Å². The van der Waals surface area contributed by atoms with Crippen molar-refractivity contribution in [1.29, 1.82) is 0 Å². The van der Waals surface area contributed by atoms with E-state index in [9.17, 15) is 5.11 Å². The Morgan fingerprint density at radius 2 is 2.10 bits per heavy atom. The first-order valence-corrected chi connectivity index (χ1v) is 7.27. The fraction of sp³-hybridized carbons (Fsp3) is 0.267. The van der Waals surface area contributed by atoms with Gasteiger partial charge in [0.15, 0.2) is 0 Å². The minimum atomic E-state index is -0.649. The summed E-state index contributed by atoms with van der Waals surface area (Å²) in [5.74, 6) is 0.466. The van der Waals surface area contributed by atoms with Crippen LogP contribution in [0, 0.1) is 0 Å². The third kappa shape index (κ3) is 5.52. The SMILES string of the molecule is OC(CNCc1ccccn1)COc1cc(Cl)ccc1Cl. The van der Waals surface area contributed by atoms with E-state index in [4.69, 9.17) is 27.9 Å². The molecule has 0 spiro atoms. The van der Waals surface area contributed by atoms with E-state index in [1.807, 2.05) is 18.2 Å². The topological polar surface area (TPSA) is 54.4 Å². The monoisotopic (exact) mass is 326 g/mol. The van der Waals surface area contributed by atoms with Gasteiger partial charge in [0.25, 0.3) is 0 Å². The van der Waals surface area contributed by atoms with Crippen LogP contribution in [0.25, 0.3) is 0 Å². The number of aliphatic hydroxyl groups excluding tert-OH is 1. The van der Waals surface area contributed by atoms with Crippen molar-refractivity contribution < 1.29 is 9.84 Å². The molecule has 1 atom stereocenters. The van der Waals surface area contributed by atoms with Crippen LogP contribution >= 0.6 is 23.2 Å². The molecule has 6 heteroatoms. The molecule has 1 aromatic carbocycles. The van der Waals surface area contributed by atoms with Crippen molar-refractivity contribution in [2.24, 2.45) is 0 Å². The zero-order valence-electron chi connectivity index (χ0n) is 11.3. The Morgan fingerprint density at radius 3 is 2.86 bits per heavy atom. The maximum absolute atomic E-state index is 9.86. The third-order valence-electron chi connectivity index (χ3n) is 2.74. The molecule has 0 aliphatic carbocycles. The first kappa shape index (κ1) is 16.0. The molecule has 1 unspecified atom stereocenters. The molecule has 0 amide bonds. The van der Waals surface area contributed by atoms with E-state index in [0.29, 0.717) is 28.9 Å². The minimum absolute atomic E-state index is 0.134. The highest BCUT2D eigenvalue weighted by atomic mass is 35.5. The van der Waals surface area contributed by atoms with Gasteiger partial charge in [0.05, 0.1) is 10.7 Å². The van der Waals surface area contributed by atoms with Crippen LogP contribution in [0.4, 0.5) is 0 Å². The van der Waals surface area contributed by atoms with E-state index in [1.165, 1.54) is 0 Å². The van der Waals surface area contributed by atoms with Crippen LogP contribution in [0.1, 0.15) is 5.69 Å². The van der Waals surface area contributed by atoms with Gasteiger partial charge in [-0.25, -0.2) is 0 Å². The first-order chi connectivity index (χ1) is 10.1. The highest BCUT2D eigenvalue weighted by Gasteiger charge is 2.08. The predicted octanol–water partition coefficient (Wildman–Crippen LogP) is 2.92. The van der Waals surface area contributed by atoms with E-state index in [2.05, 4.69) is 10.3 Å². The number of aromatic nitrogens is 1. The van der Waals surface area contributed by atoms with Gasteiger partial charge in [-0.3, -0.25) is 4.98 Å². The average Bonchev–Trinajstić information content (AvgIpc) is 2.49. The summed E-state index contributed by atoms with van der Waals surface area (Å²) in [5, 5.41) is 14.0. The molecule has 0 bridgehead atoms. The second kappa shape index (κ2) is 8.20. The molecule has 0 aliphatic rings. The Bertz CT molecular complexity index is 567. The Balaban J connectivity index is 1.72. The number of halogens is 2. The quantitative estimate of drug-likeness (QED) is 0.821. The number of hydrogen-bond acceptors (Lipinski definition) is 4. The lowest BCUT2D eigenvalue weighted by Gasteiger charge is -2.14. The van der Waals surface area contributed by atoms with Crippen molar-refractivity contribution in [3.8, 4) is 5.75 Å². The molecule has 0 saturated carbocycles. The molecule has 1 aromatic heterocycles. The maximum Gasteiger partial charge on any atom is 0.139 e. The van der Waals surface area contributed by atoms with Gasteiger partial charge in [-0.05, 0) is 24.3 Å². The number of benzene rings is 1. The third-order valence-corrected chi connectivity index (χ3v) is 3.28. The normalized spacial score (nSPS) is 12.1. The van der Waals surface area contributed by atoms with E-state index in [-0.39, 0.29) is 6.61 Å². The number of nitrogens with zero attached hydrogens (tertiary/aromatic N) is 1. The molecular formula is C15H16Cl2N2O2. The Hall–Kier alpha value is -1.33. The predicted molar refractivity (Wildman–Crippen MR) is 83.9 cm³/mol. The zero-order valence-corrected chi connectivity index (χ0v) is 12.8. The average molecular weight is 327 g/mol. The highest BCUT2D eigenvalue weighted by molar-refractivity contribution is 6.34. The molecule has 2 N–H and O–H groups in total. The number of pyridine rings is 1. The van der Waals surface area contributed by atoms with E-state index >= 15 is 0 Å². The van der Waals surface area contributed by atoms with Crippen LogP contribution in [-0.4, -0.2) is 29.3 Å². The lowest BCUT2D eigenvalue weighted by Crippen LogP contribution is -2.31. The summed E-state index contributed by atoms with van der Waals surface area (Å²) in [6, 6.07) is 10.7. The van der Waals surface area contributed by atoms with Gasteiger partial charge in [0.2, 0.25) is 0 Å². The molecule has 1 heterocycles. The van der Waals surface area contributed by atoms with Crippen molar-refractivity contribution >= 4 is 23.2 Å². The number of ether oxygens (including phenoxy) is 1. The molecule has 2 rings (SSSR count). The van der Waals surface area contributed by atoms with E-state index in [0.717, 1.165) is 5.69 Å².